The lowest BCUT2D eigenvalue weighted by Crippen LogP contribution is -2.22. The number of nitrogens with one attached hydrogen (secondary N) is 1. The first-order valence-electron chi connectivity index (χ1n) is 7.42. The second kappa shape index (κ2) is 7.06. The Bertz CT molecular complexity index is 501. The molecule has 0 amide bonds. The summed E-state index contributed by atoms with van der Waals surface area (Å²) in [5.41, 5.74) is 1.49. The maximum atomic E-state index is 3.73. The van der Waals surface area contributed by atoms with Gasteiger partial charge in [-0.25, -0.2) is 0 Å². The standard InChI is InChI=1S/C17H25NS/c1-4-11-18-16(9-8-13(2)3)15-7-5-6-14-10-12-19-17(14)15/h5-7,10,12-13,16,18H,4,8-9,11H2,1-3H3. The Kier molecular flexibility index (Phi) is 5.41. The number of fused-ring (bicyclic) bond motifs is 1. The molecule has 1 unspecified atom stereocenters. The molecule has 1 aromatic carbocycles. The predicted octanol–water partition coefficient (Wildman–Crippen LogP) is 5.38. The number of hydrogen-bond acceptors (Lipinski definition) is 2. The minimum atomic E-state index is 0.504. The summed E-state index contributed by atoms with van der Waals surface area (Å²) < 4.78 is 1.46. The minimum Gasteiger partial charge on any atom is -0.310 e. The summed E-state index contributed by atoms with van der Waals surface area (Å²) in [6, 6.07) is 9.44. The van der Waals surface area contributed by atoms with Crippen molar-refractivity contribution in [3.8, 4) is 0 Å². The van der Waals surface area contributed by atoms with E-state index in [1.165, 1.54) is 34.9 Å². The van der Waals surface area contributed by atoms with Crippen LogP contribution in [0.25, 0.3) is 10.1 Å². The molecular weight excluding hydrogens is 250 g/mol. The molecule has 1 N–H and O–H groups in total. The van der Waals surface area contributed by atoms with Gasteiger partial charge in [0, 0.05) is 10.7 Å². The monoisotopic (exact) mass is 275 g/mol. The van der Waals surface area contributed by atoms with Crippen molar-refractivity contribution >= 4 is 21.4 Å². The van der Waals surface area contributed by atoms with E-state index in [4.69, 9.17) is 0 Å². The van der Waals surface area contributed by atoms with Crippen LogP contribution in [0.15, 0.2) is 29.6 Å². The number of thiophene rings is 1. The summed E-state index contributed by atoms with van der Waals surface area (Å²) in [4.78, 5) is 0. The average Bonchev–Trinajstić information content (AvgIpc) is 2.87. The highest BCUT2D eigenvalue weighted by atomic mass is 32.1. The lowest BCUT2D eigenvalue weighted by molar-refractivity contribution is 0.443. The summed E-state index contributed by atoms with van der Waals surface area (Å²) in [6.45, 7) is 7.95. The Hall–Kier alpha value is -0.860. The van der Waals surface area contributed by atoms with Crippen LogP contribution in [0.4, 0.5) is 0 Å². The molecule has 104 valence electrons. The van der Waals surface area contributed by atoms with Gasteiger partial charge in [-0.2, -0.15) is 0 Å². The van der Waals surface area contributed by atoms with Crippen LogP contribution in [0, 0.1) is 5.92 Å². The normalized spacial score (nSPS) is 13.3. The van der Waals surface area contributed by atoms with Gasteiger partial charge in [0.25, 0.3) is 0 Å². The van der Waals surface area contributed by atoms with Crippen molar-refractivity contribution in [3.05, 3.63) is 35.2 Å². The Morgan fingerprint density at radius 3 is 2.74 bits per heavy atom. The molecular formula is C17H25NS. The van der Waals surface area contributed by atoms with Gasteiger partial charge in [-0.3, -0.25) is 0 Å². The van der Waals surface area contributed by atoms with E-state index < -0.39 is 0 Å². The van der Waals surface area contributed by atoms with Gasteiger partial charge in [0.05, 0.1) is 0 Å². The molecule has 0 aliphatic carbocycles. The lowest BCUT2D eigenvalue weighted by Gasteiger charge is -2.20. The summed E-state index contributed by atoms with van der Waals surface area (Å²) >= 11 is 1.87. The fourth-order valence-corrected chi connectivity index (χ4v) is 3.45. The molecule has 0 saturated carbocycles. The second-order valence-electron chi connectivity index (χ2n) is 5.66. The lowest BCUT2D eigenvalue weighted by atomic mass is 9.96. The van der Waals surface area contributed by atoms with Gasteiger partial charge >= 0.3 is 0 Å². The van der Waals surface area contributed by atoms with Gasteiger partial charge in [0.1, 0.15) is 0 Å². The maximum absolute atomic E-state index is 3.73. The Labute approximate surface area is 121 Å². The third-order valence-electron chi connectivity index (χ3n) is 3.56. The molecule has 2 aromatic rings. The van der Waals surface area contributed by atoms with E-state index in [2.05, 4.69) is 55.7 Å². The predicted molar refractivity (Wildman–Crippen MR) is 86.9 cm³/mol. The largest absolute Gasteiger partial charge is 0.310 e. The van der Waals surface area contributed by atoms with E-state index in [1.54, 1.807) is 0 Å². The highest BCUT2D eigenvalue weighted by Crippen LogP contribution is 2.31. The van der Waals surface area contributed by atoms with Crippen molar-refractivity contribution in [1.82, 2.24) is 5.32 Å². The first-order chi connectivity index (χ1) is 9.22. The summed E-state index contributed by atoms with van der Waals surface area (Å²) in [5, 5.41) is 7.32. The molecule has 0 bridgehead atoms. The van der Waals surface area contributed by atoms with Gasteiger partial charge in [-0.1, -0.05) is 39.0 Å². The number of hydrogen-bond donors (Lipinski definition) is 1. The van der Waals surface area contributed by atoms with Crippen LogP contribution < -0.4 is 5.32 Å². The molecule has 19 heavy (non-hydrogen) atoms. The molecule has 0 aliphatic rings. The Morgan fingerprint density at radius 1 is 1.16 bits per heavy atom. The van der Waals surface area contributed by atoms with E-state index >= 15 is 0 Å². The zero-order valence-electron chi connectivity index (χ0n) is 12.3. The third kappa shape index (κ3) is 3.80. The molecule has 1 heterocycles. The minimum absolute atomic E-state index is 0.504. The fourth-order valence-electron chi connectivity index (χ4n) is 2.48. The van der Waals surface area contributed by atoms with Crippen LogP contribution in [-0.2, 0) is 0 Å². The van der Waals surface area contributed by atoms with Gasteiger partial charge in [-0.05, 0) is 54.1 Å². The van der Waals surface area contributed by atoms with Crippen LogP contribution in [0.1, 0.15) is 51.6 Å². The van der Waals surface area contributed by atoms with Crippen LogP contribution in [0.3, 0.4) is 0 Å². The first kappa shape index (κ1) is 14.5. The molecule has 0 spiro atoms. The SMILES string of the molecule is CCCNC(CCC(C)C)c1cccc2ccsc12. The first-order valence-corrected chi connectivity index (χ1v) is 8.29. The molecule has 2 heteroatoms. The van der Waals surface area contributed by atoms with E-state index in [1.807, 2.05) is 11.3 Å². The van der Waals surface area contributed by atoms with Crippen molar-refractivity contribution < 1.29 is 0 Å². The van der Waals surface area contributed by atoms with Crippen LogP contribution in [-0.4, -0.2) is 6.54 Å². The zero-order chi connectivity index (χ0) is 13.7. The topological polar surface area (TPSA) is 12.0 Å². The smallest absolute Gasteiger partial charge is 0.0390 e. The molecule has 2 rings (SSSR count). The highest BCUT2D eigenvalue weighted by Gasteiger charge is 2.14. The molecule has 0 radical (unpaired) electrons. The van der Waals surface area contributed by atoms with Gasteiger partial charge < -0.3 is 5.32 Å². The Balaban J connectivity index is 2.22. The molecule has 1 nitrogen and oxygen atoms in total. The molecule has 0 fully saturated rings. The van der Waals surface area contributed by atoms with E-state index in [9.17, 15) is 0 Å². The van der Waals surface area contributed by atoms with Crippen molar-refractivity contribution in [2.45, 2.75) is 46.1 Å². The molecule has 1 atom stereocenters. The zero-order valence-corrected chi connectivity index (χ0v) is 13.1. The fraction of sp³-hybridized carbons (Fsp3) is 0.529. The summed E-state index contributed by atoms with van der Waals surface area (Å²) in [6.07, 6.45) is 3.70. The molecule has 0 saturated heterocycles. The van der Waals surface area contributed by atoms with Gasteiger partial charge in [0.15, 0.2) is 0 Å². The molecule has 0 aliphatic heterocycles. The van der Waals surface area contributed by atoms with Crippen molar-refractivity contribution in [2.75, 3.05) is 6.54 Å². The van der Waals surface area contributed by atoms with Gasteiger partial charge in [0.2, 0.25) is 0 Å². The Morgan fingerprint density at radius 2 is 2.00 bits per heavy atom. The van der Waals surface area contributed by atoms with Gasteiger partial charge in [-0.15, -0.1) is 11.3 Å². The van der Waals surface area contributed by atoms with Crippen LogP contribution in [0.5, 0.6) is 0 Å². The third-order valence-corrected chi connectivity index (χ3v) is 4.54. The average molecular weight is 275 g/mol. The van der Waals surface area contributed by atoms with Crippen molar-refractivity contribution in [1.29, 1.82) is 0 Å². The number of rotatable bonds is 7. The van der Waals surface area contributed by atoms with E-state index in [-0.39, 0.29) is 0 Å². The highest BCUT2D eigenvalue weighted by molar-refractivity contribution is 7.17. The van der Waals surface area contributed by atoms with Crippen molar-refractivity contribution in [3.63, 3.8) is 0 Å². The van der Waals surface area contributed by atoms with Crippen LogP contribution in [0.2, 0.25) is 0 Å². The van der Waals surface area contributed by atoms with Crippen molar-refractivity contribution in [2.24, 2.45) is 5.92 Å². The summed E-state index contributed by atoms with van der Waals surface area (Å²) in [7, 11) is 0. The van der Waals surface area contributed by atoms with E-state index in [0.717, 1.165) is 12.5 Å². The quantitative estimate of drug-likeness (QED) is 0.715. The molecule has 1 aromatic heterocycles. The van der Waals surface area contributed by atoms with E-state index in [0.29, 0.717) is 6.04 Å². The maximum Gasteiger partial charge on any atom is 0.0390 e. The van der Waals surface area contributed by atoms with Crippen LogP contribution >= 0.6 is 11.3 Å². The number of benzene rings is 1. The second-order valence-corrected chi connectivity index (χ2v) is 6.58. The summed E-state index contributed by atoms with van der Waals surface area (Å²) in [5.74, 6) is 0.772.